The Kier molecular flexibility index (Phi) is 5.91. The summed E-state index contributed by atoms with van der Waals surface area (Å²) in [6, 6.07) is 26.1. The van der Waals surface area contributed by atoms with Crippen molar-refractivity contribution in [3.8, 4) is 0 Å². The van der Waals surface area contributed by atoms with Crippen LogP contribution in [-0.4, -0.2) is 5.91 Å². The Morgan fingerprint density at radius 2 is 1.40 bits per heavy atom. The molecule has 0 aliphatic rings. The van der Waals surface area contributed by atoms with Gasteiger partial charge in [0, 0.05) is 22.8 Å². The lowest BCUT2D eigenvalue weighted by Gasteiger charge is -2.07. The Morgan fingerprint density at radius 1 is 0.800 bits per heavy atom. The average Bonchev–Trinajstić information content (AvgIpc) is 2.65. The summed E-state index contributed by atoms with van der Waals surface area (Å²) in [5.74, 6) is 1.86. The maximum absolute atomic E-state index is 12.3. The summed E-state index contributed by atoms with van der Waals surface area (Å²) >= 11 is 1.88. The van der Waals surface area contributed by atoms with E-state index in [1.54, 1.807) is 0 Å². The van der Waals surface area contributed by atoms with Crippen molar-refractivity contribution >= 4 is 23.4 Å². The van der Waals surface area contributed by atoms with Gasteiger partial charge in [0.15, 0.2) is 0 Å². The zero-order valence-electron chi connectivity index (χ0n) is 14.2. The number of anilines is 1. The summed E-state index contributed by atoms with van der Waals surface area (Å²) in [6.07, 6.45) is 0. The lowest BCUT2D eigenvalue weighted by Crippen LogP contribution is -2.11. The number of nitrogens with one attached hydrogen (secondary N) is 1. The monoisotopic (exact) mass is 347 g/mol. The highest BCUT2D eigenvalue weighted by Gasteiger charge is 2.06. The van der Waals surface area contributed by atoms with E-state index in [4.69, 9.17) is 0 Å². The number of rotatable bonds is 6. The molecular formula is C22H21NOS. The molecule has 1 amide bonds. The first-order valence-electron chi connectivity index (χ1n) is 8.29. The Labute approximate surface area is 153 Å². The molecule has 0 spiro atoms. The van der Waals surface area contributed by atoms with E-state index in [2.05, 4.69) is 29.6 Å². The van der Waals surface area contributed by atoms with E-state index in [1.165, 1.54) is 16.7 Å². The molecule has 0 unspecified atom stereocenters. The summed E-state index contributed by atoms with van der Waals surface area (Å²) in [5, 5.41) is 2.93. The quantitative estimate of drug-likeness (QED) is 0.621. The van der Waals surface area contributed by atoms with Crippen LogP contribution < -0.4 is 5.32 Å². The lowest BCUT2D eigenvalue weighted by molar-refractivity contribution is 0.102. The molecule has 1 N–H and O–H groups in total. The summed E-state index contributed by atoms with van der Waals surface area (Å²) in [6.45, 7) is 2.03. The van der Waals surface area contributed by atoms with E-state index in [0.29, 0.717) is 5.56 Å². The SMILES string of the molecule is Cc1ccc(NC(=O)c2ccc(CSCc3ccccc3)cc2)cc1. The molecule has 0 bridgehead atoms. The standard InChI is InChI=1S/C22H21NOS/c1-17-7-13-21(14-8-17)23-22(24)20-11-9-19(10-12-20)16-25-15-18-5-3-2-4-6-18/h2-14H,15-16H2,1H3,(H,23,24). The normalized spacial score (nSPS) is 10.4. The molecule has 126 valence electrons. The smallest absolute Gasteiger partial charge is 0.255 e. The minimum atomic E-state index is -0.0765. The number of hydrogen-bond acceptors (Lipinski definition) is 2. The molecule has 3 heteroatoms. The molecule has 0 saturated heterocycles. The highest BCUT2D eigenvalue weighted by Crippen LogP contribution is 2.18. The van der Waals surface area contributed by atoms with Crippen LogP contribution in [0, 0.1) is 6.92 Å². The van der Waals surface area contributed by atoms with E-state index in [1.807, 2.05) is 73.3 Å². The molecule has 0 aromatic heterocycles. The van der Waals surface area contributed by atoms with Crippen LogP contribution in [0.25, 0.3) is 0 Å². The van der Waals surface area contributed by atoms with Crippen molar-refractivity contribution in [3.63, 3.8) is 0 Å². The van der Waals surface area contributed by atoms with Gasteiger partial charge >= 0.3 is 0 Å². The second-order valence-corrected chi connectivity index (χ2v) is 6.98. The number of aryl methyl sites for hydroxylation is 1. The molecule has 0 fully saturated rings. The lowest BCUT2D eigenvalue weighted by atomic mass is 10.1. The summed E-state index contributed by atoms with van der Waals surface area (Å²) < 4.78 is 0. The molecule has 0 radical (unpaired) electrons. The highest BCUT2D eigenvalue weighted by molar-refractivity contribution is 7.97. The molecule has 0 atom stereocenters. The van der Waals surface area contributed by atoms with Gasteiger partial charge in [0.2, 0.25) is 0 Å². The zero-order valence-corrected chi connectivity index (χ0v) is 15.1. The van der Waals surface area contributed by atoms with Crippen molar-refractivity contribution in [1.82, 2.24) is 0 Å². The maximum Gasteiger partial charge on any atom is 0.255 e. The van der Waals surface area contributed by atoms with Crippen LogP contribution in [-0.2, 0) is 11.5 Å². The Hall–Kier alpha value is -2.52. The first-order chi connectivity index (χ1) is 12.2. The van der Waals surface area contributed by atoms with Gasteiger partial charge in [-0.15, -0.1) is 0 Å². The van der Waals surface area contributed by atoms with Gasteiger partial charge in [0.05, 0.1) is 0 Å². The minimum absolute atomic E-state index is 0.0765. The van der Waals surface area contributed by atoms with Gasteiger partial charge in [-0.2, -0.15) is 11.8 Å². The number of benzene rings is 3. The summed E-state index contributed by atoms with van der Waals surface area (Å²) in [7, 11) is 0. The van der Waals surface area contributed by atoms with Crippen molar-refractivity contribution in [2.75, 3.05) is 5.32 Å². The number of hydrogen-bond donors (Lipinski definition) is 1. The highest BCUT2D eigenvalue weighted by atomic mass is 32.2. The molecule has 25 heavy (non-hydrogen) atoms. The van der Waals surface area contributed by atoms with E-state index in [0.717, 1.165) is 17.2 Å². The predicted octanol–water partition coefficient (Wildman–Crippen LogP) is 5.68. The van der Waals surface area contributed by atoms with Crippen LogP contribution in [0.5, 0.6) is 0 Å². The van der Waals surface area contributed by atoms with Gasteiger partial charge in [0.1, 0.15) is 0 Å². The van der Waals surface area contributed by atoms with Crippen molar-refractivity contribution in [1.29, 1.82) is 0 Å². The fraction of sp³-hybridized carbons (Fsp3) is 0.136. The van der Waals surface area contributed by atoms with Crippen LogP contribution in [0.2, 0.25) is 0 Å². The van der Waals surface area contributed by atoms with E-state index in [9.17, 15) is 4.79 Å². The predicted molar refractivity (Wildman–Crippen MR) is 107 cm³/mol. The molecule has 0 heterocycles. The van der Waals surface area contributed by atoms with Gasteiger partial charge in [0.25, 0.3) is 5.91 Å². The molecule has 0 saturated carbocycles. The Balaban J connectivity index is 1.52. The van der Waals surface area contributed by atoms with Crippen molar-refractivity contribution in [3.05, 3.63) is 101 Å². The molecule has 0 aliphatic carbocycles. The van der Waals surface area contributed by atoms with Crippen LogP contribution >= 0.6 is 11.8 Å². The van der Waals surface area contributed by atoms with Gasteiger partial charge in [-0.3, -0.25) is 4.79 Å². The minimum Gasteiger partial charge on any atom is -0.322 e. The summed E-state index contributed by atoms with van der Waals surface area (Å²) in [5.41, 5.74) is 5.24. The van der Waals surface area contributed by atoms with Crippen molar-refractivity contribution in [2.45, 2.75) is 18.4 Å². The van der Waals surface area contributed by atoms with Crippen molar-refractivity contribution in [2.24, 2.45) is 0 Å². The molecule has 3 aromatic rings. The summed E-state index contributed by atoms with van der Waals surface area (Å²) in [4.78, 5) is 12.3. The second kappa shape index (κ2) is 8.54. The topological polar surface area (TPSA) is 29.1 Å². The molecule has 3 aromatic carbocycles. The Morgan fingerprint density at radius 3 is 2.04 bits per heavy atom. The van der Waals surface area contributed by atoms with E-state index in [-0.39, 0.29) is 5.91 Å². The van der Waals surface area contributed by atoms with E-state index < -0.39 is 0 Å². The largest absolute Gasteiger partial charge is 0.322 e. The average molecular weight is 347 g/mol. The number of carbonyl (C=O) groups is 1. The van der Waals surface area contributed by atoms with Crippen LogP contribution in [0.15, 0.2) is 78.9 Å². The molecular weight excluding hydrogens is 326 g/mol. The van der Waals surface area contributed by atoms with Gasteiger partial charge < -0.3 is 5.32 Å². The van der Waals surface area contributed by atoms with Crippen LogP contribution in [0.4, 0.5) is 5.69 Å². The zero-order chi connectivity index (χ0) is 17.5. The van der Waals surface area contributed by atoms with Gasteiger partial charge in [-0.25, -0.2) is 0 Å². The van der Waals surface area contributed by atoms with Crippen molar-refractivity contribution < 1.29 is 4.79 Å². The third-order valence-corrected chi connectivity index (χ3v) is 4.98. The molecule has 0 aliphatic heterocycles. The number of amides is 1. The molecule has 3 rings (SSSR count). The Bertz CT molecular complexity index is 811. The molecule has 2 nitrogen and oxygen atoms in total. The first kappa shape index (κ1) is 17.3. The number of thioether (sulfide) groups is 1. The third kappa shape index (κ3) is 5.23. The van der Waals surface area contributed by atoms with Crippen LogP contribution in [0.3, 0.4) is 0 Å². The second-order valence-electron chi connectivity index (χ2n) is 6.00. The first-order valence-corrected chi connectivity index (χ1v) is 9.45. The third-order valence-electron chi connectivity index (χ3n) is 3.91. The number of carbonyl (C=O) groups excluding carboxylic acids is 1. The van der Waals surface area contributed by atoms with Gasteiger partial charge in [-0.05, 0) is 42.3 Å². The fourth-order valence-corrected chi connectivity index (χ4v) is 3.41. The van der Waals surface area contributed by atoms with Gasteiger partial charge in [-0.1, -0.05) is 60.2 Å². The van der Waals surface area contributed by atoms with Crippen LogP contribution in [0.1, 0.15) is 27.0 Å². The maximum atomic E-state index is 12.3. The fourth-order valence-electron chi connectivity index (χ4n) is 2.45. The van der Waals surface area contributed by atoms with E-state index >= 15 is 0 Å².